The summed E-state index contributed by atoms with van der Waals surface area (Å²) in [5, 5.41) is 9.12. The maximum Gasteiger partial charge on any atom is 0.193 e. The van der Waals surface area contributed by atoms with E-state index < -0.39 is 8.32 Å². The summed E-state index contributed by atoms with van der Waals surface area (Å²) in [6, 6.07) is 0. The first-order valence-corrected chi connectivity index (χ1v) is 9.04. The Morgan fingerprint density at radius 1 is 1.44 bits per heavy atom. The van der Waals surface area contributed by atoms with Gasteiger partial charge in [-0.2, -0.15) is 0 Å². The van der Waals surface area contributed by atoms with Gasteiger partial charge in [-0.15, -0.1) is 0 Å². The molecule has 1 aliphatic carbocycles. The minimum atomic E-state index is -1.70. The van der Waals surface area contributed by atoms with Gasteiger partial charge in [0.25, 0.3) is 0 Å². The van der Waals surface area contributed by atoms with E-state index in [1.165, 1.54) is 0 Å². The Morgan fingerprint density at radius 2 is 1.94 bits per heavy atom. The van der Waals surface area contributed by atoms with E-state index in [9.17, 15) is 0 Å². The zero-order chi connectivity index (χ0) is 12.6. The molecule has 0 aromatic heterocycles. The Kier molecular flexibility index (Phi) is 3.73. The fraction of sp³-hybridized carbons (Fsp3) is 0.846. The molecule has 2 atom stereocenters. The average molecular weight is 242 g/mol. The lowest BCUT2D eigenvalue weighted by Gasteiger charge is -2.39. The lowest BCUT2D eigenvalue weighted by molar-refractivity contribution is 0.189. The van der Waals surface area contributed by atoms with Crippen LogP contribution in [0.5, 0.6) is 0 Å². The summed E-state index contributed by atoms with van der Waals surface area (Å²) in [7, 11) is -1.70. The SMILES string of the molecule is C[C@@H]1C[C@]1(/C=C/CO)O[Si](C)(C)C(C)(C)C. The van der Waals surface area contributed by atoms with E-state index >= 15 is 0 Å². The zero-order valence-corrected chi connectivity index (χ0v) is 12.5. The Balaban J connectivity index is 2.76. The van der Waals surface area contributed by atoms with E-state index in [1.807, 2.05) is 6.08 Å². The van der Waals surface area contributed by atoms with Gasteiger partial charge < -0.3 is 9.53 Å². The van der Waals surface area contributed by atoms with Crippen molar-refractivity contribution < 1.29 is 9.53 Å². The Hall–Kier alpha value is -0.123. The van der Waals surface area contributed by atoms with Crippen molar-refractivity contribution in [1.82, 2.24) is 0 Å². The van der Waals surface area contributed by atoms with Gasteiger partial charge in [0.2, 0.25) is 0 Å². The summed E-state index contributed by atoms with van der Waals surface area (Å²) in [5.74, 6) is 0.587. The fourth-order valence-electron chi connectivity index (χ4n) is 1.71. The van der Waals surface area contributed by atoms with Gasteiger partial charge in [-0.25, -0.2) is 0 Å². The van der Waals surface area contributed by atoms with Gasteiger partial charge in [-0.3, -0.25) is 0 Å². The first-order chi connectivity index (χ1) is 7.15. The topological polar surface area (TPSA) is 29.5 Å². The third-order valence-corrected chi connectivity index (χ3v) is 8.56. The molecule has 0 amide bonds. The van der Waals surface area contributed by atoms with Crippen molar-refractivity contribution >= 4 is 8.32 Å². The molecule has 16 heavy (non-hydrogen) atoms. The van der Waals surface area contributed by atoms with Crippen molar-refractivity contribution in [3.8, 4) is 0 Å². The molecular weight excluding hydrogens is 216 g/mol. The van der Waals surface area contributed by atoms with Crippen LogP contribution in [0.1, 0.15) is 34.1 Å². The number of aliphatic hydroxyl groups is 1. The average Bonchev–Trinajstić information content (AvgIpc) is 2.70. The van der Waals surface area contributed by atoms with Crippen LogP contribution in [0, 0.1) is 5.92 Å². The minimum absolute atomic E-state index is 0.0776. The smallest absolute Gasteiger partial charge is 0.193 e. The second kappa shape index (κ2) is 4.28. The monoisotopic (exact) mass is 242 g/mol. The normalized spacial score (nSPS) is 31.1. The predicted octanol–water partition coefficient (Wildman–Crippen LogP) is 3.34. The summed E-state index contributed by atoms with van der Waals surface area (Å²) in [6.45, 7) is 13.7. The summed E-state index contributed by atoms with van der Waals surface area (Å²) in [6.07, 6.45) is 4.98. The third-order valence-electron chi connectivity index (χ3n) is 4.06. The second-order valence-electron chi connectivity index (χ2n) is 6.51. The standard InChI is InChI=1S/C13H26O2Si/c1-11-10-13(11,8-7-9-14)15-16(5,6)12(2,3)4/h7-8,11,14H,9-10H2,1-6H3/b8-7+/t11-,13+/m1/s1. The van der Waals surface area contributed by atoms with Gasteiger partial charge in [0, 0.05) is 0 Å². The molecule has 1 saturated carbocycles. The molecule has 0 saturated heterocycles. The van der Waals surface area contributed by atoms with Crippen LogP contribution in [-0.2, 0) is 4.43 Å². The second-order valence-corrected chi connectivity index (χ2v) is 11.2. The molecule has 0 aromatic rings. The molecule has 2 nitrogen and oxygen atoms in total. The van der Waals surface area contributed by atoms with Crippen LogP contribution in [-0.4, -0.2) is 25.6 Å². The third kappa shape index (κ3) is 2.76. The van der Waals surface area contributed by atoms with E-state index in [2.05, 4.69) is 46.9 Å². The summed E-state index contributed by atoms with van der Waals surface area (Å²) in [5.41, 5.74) is -0.0776. The number of aliphatic hydroxyl groups excluding tert-OH is 1. The van der Waals surface area contributed by atoms with E-state index in [4.69, 9.17) is 9.53 Å². The molecular formula is C13H26O2Si. The molecule has 1 fully saturated rings. The predicted molar refractivity (Wildman–Crippen MR) is 71.0 cm³/mol. The van der Waals surface area contributed by atoms with Crippen molar-refractivity contribution in [1.29, 1.82) is 0 Å². The first-order valence-electron chi connectivity index (χ1n) is 6.13. The maximum atomic E-state index is 8.87. The Morgan fingerprint density at radius 3 is 2.25 bits per heavy atom. The molecule has 0 spiro atoms. The molecule has 0 bridgehead atoms. The molecule has 1 aliphatic rings. The Labute approximate surface area is 101 Å². The lowest BCUT2D eigenvalue weighted by atomic mass is 10.2. The van der Waals surface area contributed by atoms with Crippen molar-refractivity contribution in [3.05, 3.63) is 12.2 Å². The highest BCUT2D eigenvalue weighted by atomic mass is 28.4. The van der Waals surface area contributed by atoms with Crippen LogP contribution in [0.25, 0.3) is 0 Å². The molecule has 0 aliphatic heterocycles. The van der Waals surface area contributed by atoms with E-state index in [0.29, 0.717) is 5.92 Å². The van der Waals surface area contributed by atoms with Gasteiger partial charge >= 0.3 is 0 Å². The quantitative estimate of drug-likeness (QED) is 0.605. The van der Waals surface area contributed by atoms with Crippen molar-refractivity contribution in [2.24, 2.45) is 5.92 Å². The number of rotatable bonds is 4. The lowest BCUT2D eigenvalue weighted by Crippen LogP contribution is -2.44. The highest BCUT2D eigenvalue weighted by Crippen LogP contribution is 2.52. The van der Waals surface area contributed by atoms with Gasteiger partial charge in [0.05, 0.1) is 12.2 Å². The Bertz CT molecular complexity index is 278. The highest BCUT2D eigenvalue weighted by Gasteiger charge is 2.55. The number of hydrogen-bond acceptors (Lipinski definition) is 2. The van der Waals surface area contributed by atoms with E-state index in [-0.39, 0.29) is 17.2 Å². The van der Waals surface area contributed by atoms with Crippen molar-refractivity contribution in [2.45, 2.75) is 57.8 Å². The van der Waals surface area contributed by atoms with Gasteiger partial charge in [0.1, 0.15) is 0 Å². The molecule has 0 aromatic carbocycles. The molecule has 0 unspecified atom stereocenters. The van der Waals surface area contributed by atoms with Crippen molar-refractivity contribution in [3.63, 3.8) is 0 Å². The van der Waals surface area contributed by atoms with Gasteiger partial charge in [-0.1, -0.05) is 39.8 Å². The van der Waals surface area contributed by atoms with Crippen LogP contribution >= 0.6 is 0 Å². The zero-order valence-electron chi connectivity index (χ0n) is 11.5. The fourth-order valence-corrected chi connectivity index (χ4v) is 3.32. The molecule has 1 N–H and O–H groups in total. The molecule has 1 rings (SSSR count). The highest BCUT2D eigenvalue weighted by molar-refractivity contribution is 6.74. The van der Waals surface area contributed by atoms with Crippen LogP contribution in [0.2, 0.25) is 18.1 Å². The largest absolute Gasteiger partial charge is 0.408 e. The van der Waals surface area contributed by atoms with E-state index in [1.54, 1.807) is 0 Å². The van der Waals surface area contributed by atoms with Gasteiger partial charge in [0.15, 0.2) is 8.32 Å². The summed E-state index contributed by atoms with van der Waals surface area (Å²) in [4.78, 5) is 0. The number of hydrogen-bond donors (Lipinski definition) is 1. The van der Waals surface area contributed by atoms with Crippen LogP contribution < -0.4 is 0 Å². The summed E-state index contributed by atoms with van der Waals surface area (Å²) >= 11 is 0. The van der Waals surface area contributed by atoms with E-state index in [0.717, 1.165) is 6.42 Å². The van der Waals surface area contributed by atoms with Gasteiger partial charge in [-0.05, 0) is 30.5 Å². The minimum Gasteiger partial charge on any atom is -0.408 e. The summed E-state index contributed by atoms with van der Waals surface area (Å²) < 4.78 is 6.46. The molecule has 94 valence electrons. The molecule has 0 heterocycles. The molecule has 3 heteroatoms. The van der Waals surface area contributed by atoms with Crippen molar-refractivity contribution in [2.75, 3.05) is 6.61 Å². The van der Waals surface area contributed by atoms with Crippen LogP contribution in [0.4, 0.5) is 0 Å². The van der Waals surface area contributed by atoms with Crippen LogP contribution in [0.3, 0.4) is 0 Å². The maximum absolute atomic E-state index is 8.87. The first kappa shape index (κ1) is 13.9. The van der Waals surface area contributed by atoms with Crippen LogP contribution in [0.15, 0.2) is 12.2 Å². The molecule has 0 radical (unpaired) electrons.